The molecule has 0 fully saturated rings. The Balaban J connectivity index is 1.47. The first-order valence-corrected chi connectivity index (χ1v) is 9.56. The molecule has 0 bridgehead atoms. The van der Waals surface area contributed by atoms with Crippen LogP contribution in [0.25, 0.3) is 16.8 Å². The molecule has 0 radical (unpaired) electrons. The highest BCUT2D eigenvalue weighted by Crippen LogP contribution is 2.25. The molecule has 6 nitrogen and oxygen atoms in total. The maximum atomic E-state index is 12.6. The predicted molar refractivity (Wildman–Crippen MR) is 112 cm³/mol. The molecule has 146 valence electrons. The van der Waals surface area contributed by atoms with Gasteiger partial charge in [0.25, 0.3) is 5.91 Å². The summed E-state index contributed by atoms with van der Waals surface area (Å²) in [6.45, 7) is 2.62. The summed E-state index contributed by atoms with van der Waals surface area (Å²) in [5.41, 5.74) is 3.73. The zero-order valence-electron chi connectivity index (χ0n) is 15.8. The van der Waals surface area contributed by atoms with E-state index in [0.29, 0.717) is 29.4 Å². The molecule has 0 saturated carbocycles. The summed E-state index contributed by atoms with van der Waals surface area (Å²) in [6, 6.07) is 17.0. The lowest BCUT2D eigenvalue weighted by Gasteiger charge is -2.10. The molecule has 2 aromatic heterocycles. The van der Waals surface area contributed by atoms with Crippen molar-refractivity contribution in [2.24, 2.45) is 0 Å². The first-order valence-electron chi connectivity index (χ1n) is 9.19. The number of halogens is 1. The number of hydrogen-bond donors (Lipinski definition) is 1. The normalized spacial score (nSPS) is 10.8. The number of hydrogen-bond acceptors (Lipinski definition) is 4. The summed E-state index contributed by atoms with van der Waals surface area (Å²) < 4.78 is 7.28. The number of amides is 1. The summed E-state index contributed by atoms with van der Waals surface area (Å²) in [7, 11) is 0. The second-order valence-electron chi connectivity index (χ2n) is 6.48. The van der Waals surface area contributed by atoms with E-state index in [9.17, 15) is 4.79 Å². The molecule has 1 N–H and O–H groups in total. The van der Waals surface area contributed by atoms with Gasteiger partial charge >= 0.3 is 0 Å². The van der Waals surface area contributed by atoms with E-state index in [2.05, 4.69) is 15.4 Å². The number of aromatic nitrogens is 3. The van der Waals surface area contributed by atoms with Crippen LogP contribution in [0, 0.1) is 6.92 Å². The third-order valence-electron chi connectivity index (χ3n) is 4.57. The third kappa shape index (κ3) is 4.07. The lowest BCUT2D eigenvalue weighted by Crippen LogP contribution is -2.29. The summed E-state index contributed by atoms with van der Waals surface area (Å²) in [5, 5.41) is 7.94. The van der Waals surface area contributed by atoms with Crippen LogP contribution < -0.4 is 10.1 Å². The molecule has 1 amide bonds. The fourth-order valence-corrected chi connectivity index (χ4v) is 3.17. The van der Waals surface area contributed by atoms with Gasteiger partial charge in [-0.25, -0.2) is 9.50 Å². The van der Waals surface area contributed by atoms with Crippen LogP contribution in [-0.2, 0) is 0 Å². The first-order chi connectivity index (χ1) is 14.1. The van der Waals surface area contributed by atoms with E-state index in [-0.39, 0.29) is 5.91 Å². The average Bonchev–Trinajstić information content (AvgIpc) is 3.18. The van der Waals surface area contributed by atoms with Crippen molar-refractivity contribution >= 4 is 23.2 Å². The number of fused-ring (bicyclic) bond motifs is 1. The Labute approximate surface area is 173 Å². The molecule has 29 heavy (non-hydrogen) atoms. The van der Waals surface area contributed by atoms with E-state index >= 15 is 0 Å². The Bertz CT molecular complexity index is 1140. The highest BCUT2D eigenvalue weighted by atomic mass is 35.5. The smallest absolute Gasteiger partial charge is 0.254 e. The Morgan fingerprint density at radius 2 is 1.86 bits per heavy atom. The summed E-state index contributed by atoms with van der Waals surface area (Å²) in [5.74, 6) is 0.560. The molecule has 0 aliphatic heterocycles. The van der Waals surface area contributed by atoms with Gasteiger partial charge in [-0.05, 0) is 36.8 Å². The molecule has 2 heterocycles. The van der Waals surface area contributed by atoms with Crippen LogP contribution in [0.4, 0.5) is 0 Å². The molecule has 0 aliphatic rings. The Hall–Kier alpha value is -3.38. The van der Waals surface area contributed by atoms with E-state index in [4.69, 9.17) is 16.3 Å². The fourth-order valence-electron chi connectivity index (χ4n) is 3.05. The number of para-hydroxylation sites is 1. The maximum Gasteiger partial charge on any atom is 0.254 e. The molecule has 0 aliphatic carbocycles. The van der Waals surface area contributed by atoms with Crippen LogP contribution in [0.2, 0.25) is 5.02 Å². The minimum Gasteiger partial charge on any atom is -0.492 e. The molecule has 0 spiro atoms. The second-order valence-corrected chi connectivity index (χ2v) is 6.91. The minimum atomic E-state index is -0.211. The van der Waals surface area contributed by atoms with Crippen molar-refractivity contribution < 1.29 is 9.53 Å². The summed E-state index contributed by atoms with van der Waals surface area (Å²) in [6.07, 6.45) is 3.33. The molecule has 0 atom stereocenters. The number of aryl methyl sites for hydroxylation is 1. The molecule has 0 saturated heterocycles. The van der Waals surface area contributed by atoms with Crippen LogP contribution in [-0.4, -0.2) is 33.7 Å². The number of nitrogens with one attached hydrogen (secondary N) is 1. The molecule has 4 rings (SSSR count). The van der Waals surface area contributed by atoms with Crippen LogP contribution in [0.1, 0.15) is 16.1 Å². The second kappa shape index (κ2) is 8.32. The number of carbonyl (C=O) groups is 1. The Kier molecular flexibility index (Phi) is 5.44. The molecular formula is C22H19ClN4O2. The Morgan fingerprint density at radius 3 is 2.62 bits per heavy atom. The van der Waals surface area contributed by atoms with E-state index in [1.807, 2.05) is 61.5 Å². The van der Waals surface area contributed by atoms with Gasteiger partial charge in [-0.15, -0.1) is 0 Å². The van der Waals surface area contributed by atoms with Gasteiger partial charge < -0.3 is 10.1 Å². The highest BCUT2D eigenvalue weighted by molar-refractivity contribution is 6.30. The van der Waals surface area contributed by atoms with Crippen molar-refractivity contribution in [1.29, 1.82) is 0 Å². The quantitative estimate of drug-likeness (QED) is 0.488. The van der Waals surface area contributed by atoms with Gasteiger partial charge in [0.15, 0.2) is 5.65 Å². The van der Waals surface area contributed by atoms with Crippen LogP contribution in [0.15, 0.2) is 67.0 Å². The number of nitrogens with zero attached hydrogens (tertiary/aromatic N) is 3. The van der Waals surface area contributed by atoms with E-state index < -0.39 is 0 Å². The van der Waals surface area contributed by atoms with Gasteiger partial charge in [-0.3, -0.25) is 4.79 Å². The van der Waals surface area contributed by atoms with Gasteiger partial charge in [0.1, 0.15) is 12.4 Å². The van der Waals surface area contributed by atoms with Crippen LogP contribution in [0.3, 0.4) is 0 Å². The SMILES string of the molecule is Cc1c(C(=O)NCCOc2ccccc2)cnc2c(-c3ccc(Cl)cc3)cnn12. The van der Waals surface area contributed by atoms with Gasteiger partial charge in [-0.1, -0.05) is 41.9 Å². The molecule has 4 aromatic rings. The monoisotopic (exact) mass is 406 g/mol. The lowest BCUT2D eigenvalue weighted by molar-refractivity contribution is 0.0945. The van der Waals surface area contributed by atoms with Crippen molar-refractivity contribution in [3.05, 3.63) is 83.3 Å². The van der Waals surface area contributed by atoms with Crippen LogP contribution >= 0.6 is 11.6 Å². The molecule has 2 aromatic carbocycles. The summed E-state index contributed by atoms with van der Waals surface area (Å²) in [4.78, 5) is 17.0. The Morgan fingerprint density at radius 1 is 1.10 bits per heavy atom. The van der Waals surface area contributed by atoms with Crippen molar-refractivity contribution in [3.8, 4) is 16.9 Å². The molecule has 0 unspecified atom stereocenters. The van der Waals surface area contributed by atoms with E-state index in [1.54, 1.807) is 16.9 Å². The van der Waals surface area contributed by atoms with Gasteiger partial charge in [0, 0.05) is 16.8 Å². The average molecular weight is 407 g/mol. The predicted octanol–water partition coefficient (Wildman–Crippen LogP) is 4.17. The van der Waals surface area contributed by atoms with E-state index in [0.717, 1.165) is 22.6 Å². The van der Waals surface area contributed by atoms with Crippen molar-refractivity contribution in [2.45, 2.75) is 6.92 Å². The number of ether oxygens (including phenoxy) is 1. The highest BCUT2D eigenvalue weighted by Gasteiger charge is 2.16. The topological polar surface area (TPSA) is 68.5 Å². The molecule has 7 heteroatoms. The maximum absolute atomic E-state index is 12.6. The number of rotatable bonds is 6. The van der Waals surface area contributed by atoms with Gasteiger partial charge in [-0.2, -0.15) is 5.10 Å². The zero-order valence-corrected chi connectivity index (χ0v) is 16.6. The van der Waals surface area contributed by atoms with Crippen molar-refractivity contribution in [2.75, 3.05) is 13.2 Å². The van der Waals surface area contributed by atoms with Gasteiger partial charge in [0.05, 0.1) is 24.0 Å². The van der Waals surface area contributed by atoms with Crippen LogP contribution in [0.5, 0.6) is 5.75 Å². The summed E-state index contributed by atoms with van der Waals surface area (Å²) >= 11 is 5.97. The minimum absolute atomic E-state index is 0.211. The largest absolute Gasteiger partial charge is 0.492 e. The number of carbonyl (C=O) groups excluding carboxylic acids is 1. The van der Waals surface area contributed by atoms with Gasteiger partial charge in [0.2, 0.25) is 0 Å². The first kappa shape index (κ1) is 19.0. The standard InChI is InChI=1S/C22H19ClN4O2/c1-15-19(22(28)24-11-12-29-18-5-3-2-4-6-18)13-25-21-20(14-26-27(15)21)16-7-9-17(23)10-8-16/h2-10,13-14H,11-12H2,1H3,(H,24,28). The number of benzene rings is 2. The van der Waals surface area contributed by atoms with Crippen molar-refractivity contribution in [3.63, 3.8) is 0 Å². The third-order valence-corrected chi connectivity index (χ3v) is 4.82. The molecular weight excluding hydrogens is 388 g/mol. The van der Waals surface area contributed by atoms with E-state index in [1.165, 1.54) is 0 Å². The fraction of sp³-hybridized carbons (Fsp3) is 0.136. The lowest BCUT2D eigenvalue weighted by atomic mass is 10.1. The van der Waals surface area contributed by atoms with Crippen molar-refractivity contribution in [1.82, 2.24) is 19.9 Å². The zero-order chi connectivity index (χ0) is 20.2.